The third kappa shape index (κ3) is 2.86. The van der Waals surface area contributed by atoms with Crippen molar-refractivity contribution in [2.45, 2.75) is 50.2 Å². The molecule has 0 amide bonds. The van der Waals surface area contributed by atoms with E-state index < -0.39 is 15.1 Å². The number of methoxy groups -OCH3 is 1. The standard InChI is InChI=1S/C14H22O3S/c1-6-11(4)12-7-8-14(13(9-12)17-5)18(15,16)10(2)3/h7-11H,6H2,1-5H3. The Morgan fingerprint density at radius 1 is 1.22 bits per heavy atom. The molecule has 1 aromatic rings. The SMILES string of the molecule is CCC(C)c1ccc(S(=O)(=O)C(C)C)c(OC)c1. The molecule has 0 aliphatic heterocycles. The van der Waals surface area contributed by atoms with Crippen molar-refractivity contribution in [3.63, 3.8) is 0 Å². The molecule has 1 unspecified atom stereocenters. The first-order valence-electron chi connectivity index (χ1n) is 6.26. The summed E-state index contributed by atoms with van der Waals surface area (Å²) in [5.74, 6) is 0.844. The summed E-state index contributed by atoms with van der Waals surface area (Å²) in [7, 11) is -1.78. The molecule has 102 valence electrons. The first kappa shape index (κ1) is 15.0. The first-order chi connectivity index (χ1) is 8.34. The predicted molar refractivity (Wildman–Crippen MR) is 74.0 cm³/mol. The fraction of sp³-hybridized carbons (Fsp3) is 0.571. The van der Waals surface area contributed by atoms with Crippen LogP contribution in [0.3, 0.4) is 0 Å². The average molecular weight is 270 g/mol. The molecule has 0 N–H and O–H groups in total. The molecule has 0 bridgehead atoms. The lowest BCUT2D eigenvalue weighted by atomic mass is 9.99. The van der Waals surface area contributed by atoms with Gasteiger partial charge in [-0.2, -0.15) is 0 Å². The fourth-order valence-electron chi connectivity index (χ4n) is 1.72. The van der Waals surface area contributed by atoms with Crippen LogP contribution in [0.1, 0.15) is 45.6 Å². The maximum atomic E-state index is 12.2. The van der Waals surface area contributed by atoms with Crippen LogP contribution >= 0.6 is 0 Å². The Labute approximate surface area is 110 Å². The van der Waals surface area contributed by atoms with Crippen LogP contribution in [-0.2, 0) is 9.84 Å². The van der Waals surface area contributed by atoms with Crippen LogP contribution in [0.5, 0.6) is 5.75 Å². The van der Waals surface area contributed by atoms with Crippen molar-refractivity contribution >= 4 is 9.84 Å². The van der Waals surface area contributed by atoms with Crippen molar-refractivity contribution in [2.24, 2.45) is 0 Å². The highest BCUT2D eigenvalue weighted by Crippen LogP contribution is 2.31. The van der Waals surface area contributed by atoms with E-state index in [9.17, 15) is 8.42 Å². The van der Waals surface area contributed by atoms with Crippen LogP contribution in [0, 0.1) is 0 Å². The van der Waals surface area contributed by atoms with Crippen LogP contribution in [0.2, 0.25) is 0 Å². The quantitative estimate of drug-likeness (QED) is 0.823. The van der Waals surface area contributed by atoms with E-state index in [0.29, 0.717) is 11.7 Å². The van der Waals surface area contributed by atoms with Gasteiger partial charge in [0.2, 0.25) is 0 Å². The van der Waals surface area contributed by atoms with Crippen molar-refractivity contribution in [1.82, 2.24) is 0 Å². The van der Waals surface area contributed by atoms with Crippen molar-refractivity contribution in [3.8, 4) is 5.75 Å². The smallest absolute Gasteiger partial charge is 0.184 e. The Bertz CT molecular complexity index is 504. The summed E-state index contributed by atoms with van der Waals surface area (Å²) in [6.45, 7) is 7.58. The molecule has 0 aliphatic carbocycles. The Kier molecular flexibility index (Phi) is 4.79. The second kappa shape index (κ2) is 5.74. The minimum atomic E-state index is -3.29. The van der Waals surface area contributed by atoms with Gasteiger partial charge < -0.3 is 4.74 Å². The molecule has 3 nitrogen and oxygen atoms in total. The Hall–Kier alpha value is -1.03. The molecule has 0 aliphatic rings. The maximum absolute atomic E-state index is 12.2. The summed E-state index contributed by atoms with van der Waals surface area (Å²) < 4.78 is 29.6. The van der Waals surface area contributed by atoms with Crippen LogP contribution < -0.4 is 4.74 Å². The summed E-state index contributed by atoms with van der Waals surface area (Å²) in [6.07, 6.45) is 1.01. The number of rotatable bonds is 5. The lowest BCUT2D eigenvalue weighted by molar-refractivity contribution is 0.401. The van der Waals surface area contributed by atoms with E-state index in [1.165, 1.54) is 7.11 Å². The lowest BCUT2D eigenvalue weighted by Gasteiger charge is -2.15. The molecule has 1 rings (SSSR count). The van der Waals surface area contributed by atoms with Gasteiger partial charge in [-0.15, -0.1) is 0 Å². The van der Waals surface area contributed by atoms with Crippen molar-refractivity contribution in [1.29, 1.82) is 0 Å². The van der Waals surface area contributed by atoms with Crippen molar-refractivity contribution in [3.05, 3.63) is 23.8 Å². The minimum Gasteiger partial charge on any atom is -0.495 e. The third-order valence-electron chi connectivity index (χ3n) is 3.30. The van der Waals surface area contributed by atoms with Crippen LogP contribution in [0.15, 0.2) is 23.1 Å². The van der Waals surface area contributed by atoms with Crippen molar-refractivity contribution in [2.75, 3.05) is 7.11 Å². The largest absolute Gasteiger partial charge is 0.495 e. The Morgan fingerprint density at radius 3 is 2.28 bits per heavy atom. The summed E-state index contributed by atoms with van der Waals surface area (Å²) in [4.78, 5) is 0.284. The number of hydrogen-bond acceptors (Lipinski definition) is 3. The van der Waals surface area contributed by atoms with E-state index in [2.05, 4.69) is 13.8 Å². The molecular formula is C14H22O3S. The second-order valence-corrected chi connectivity index (χ2v) is 7.29. The molecule has 1 aromatic carbocycles. The summed E-state index contributed by atoms with van der Waals surface area (Å²) in [6, 6.07) is 5.38. The lowest BCUT2D eigenvalue weighted by Crippen LogP contribution is -2.15. The van der Waals surface area contributed by atoms with E-state index in [4.69, 9.17) is 4.74 Å². The van der Waals surface area contributed by atoms with Gasteiger partial charge in [-0.3, -0.25) is 0 Å². The van der Waals surface area contributed by atoms with Gasteiger partial charge in [0, 0.05) is 0 Å². The molecule has 0 fully saturated rings. The molecular weight excluding hydrogens is 248 g/mol. The van der Waals surface area contributed by atoms with Crippen LogP contribution in [-0.4, -0.2) is 20.8 Å². The highest BCUT2D eigenvalue weighted by molar-refractivity contribution is 7.92. The summed E-state index contributed by atoms with van der Waals surface area (Å²) in [5.41, 5.74) is 1.11. The van der Waals surface area contributed by atoms with Gasteiger partial charge in [-0.25, -0.2) is 8.42 Å². The zero-order valence-corrected chi connectivity index (χ0v) is 12.5. The van der Waals surface area contributed by atoms with E-state index >= 15 is 0 Å². The van der Waals surface area contributed by atoms with Gasteiger partial charge in [0.15, 0.2) is 9.84 Å². The predicted octanol–water partition coefficient (Wildman–Crippen LogP) is 3.39. The summed E-state index contributed by atoms with van der Waals surface area (Å²) >= 11 is 0. The van der Waals surface area contributed by atoms with E-state index in [1.54, 1.807) is 19.9 Å². The normalized spacial score (nSPS) is 13.7. The molecule has 4 heteroatoms. The van der Waals surface area contributed by atoms with Crippen LogP contribution in [0.4, 0.5) is 0 Å². The highest BCUT2D eigenvalue weighted by Gasteiger charge is 2.24. The molecule has 0 radical (unpaired) electrons. The monoisotopic (exact) mass is 270 g/mol. The molecule has 0 heterocycles. The van der Waals surface area contributed by atoms with Gasteiger partial charge in [0.25, 0.3) is 0 Å². The zero-order chi connectivity index (χ0) is 13.9. The molecule has 18 heavy (non-hydrogen) atoms. The van der Waals surface area contributed by atoms with Gasteiger partial charge in [0.1, 0.15) is 10.6 Å². The van der Waals surface area contributed by atoms with Gasteiger partial charge in [0.05, 0.1) is 12.4 Å². The Balaban J connectivity index is 3.33. The highest BCUT2D eigenvalue weighted by atomic mass is 32.2. The second-order valence-electron chi connectivity index (χ2n) is 4.81. The molecule has 1 atom stereocenters. The van der Waals surface area contributed by atoms with Crippen molar-refractivity contribution < 1.29 is 13.2 Å². The third-order valence-corrected chi connectivity index (χ3v) is 5.49. The van der Waals surface area contributed by atoms with Gasteiger partial charge in [-0.1, -0.05) is 19.9 Å². The molecule has 0 saturated carbocycles. The zero-order valence-electron chi connectivity index (χ0n) is 11.7. The first-order valence-corrected chi connectivity index (χ1v) is 7.81. The van der Waals surface area contributed by atoms with E-state index in [-0.39, 0.29) is 4.90 Å². The average Bonchev–Trinajstić information content (AvgIpc) is 2.36. The molecule has 0 spiro atoms. The van der Waals surface area contributed by atoms with Gasteiger partial charge in [-0.05, 0) is 43.9 Å². The Morgan fingerprint density at radius 2 is 1.83 bits per heavy atom. The maximum Gasteiger partial charge on any atom is 0.184 e. The topological polar surface area (TPSA) is 43.4 Å². The summed E-state index contributed by atoms with van der Waals surface area (Å²) in [5, 5.41) is -0.444. The fourth-order valence-corrected chi connectivity index (χ4v) is 2.90. The number of sulfone groups is 1. The van der Waals surface area contributed by atoms with E-state index in [1.807, 2.05) is 12.1 Å². The minimum absolute atomic E-state index is 0.284. The van der Waals surface area contributed by atoms with E-state index in [0.717, 1.165) is 12.0 Å². The molecule has 0 saturated heterocycles. The van der Waals surface area contributed by atoms with Gasteiger partial charge >= 0.3 is 0 Å². The van der Waals surface area contributed by atoms with Crippen LogP contribution in [0.25, 0.3) is 0 Å². The number of benzene rings is 1. The number of ether oxygens (including phenoxy) is 1. The molecule has 0 aromatic heterocycles. The number of hydrogen-bond donors (Lipinski definition) is 0.